The van der Waals surface area contributed by atoms with Crippen molar-refractivity contribution in [2.75, 3.05) is 7.11 Å². The summed E-state index contributed by atoms with van der Waals surface area (Å²) in [6, 6.07) is 4.83. The van der Waals surface area contributed by atoms with E-state index in [0.717, 1.165) is 17.7 Å². The number of methoxy groups -OCH3 is 1. The second kappa shape index (κ2) is 5.36. The summed E-state index contributed by atoms with van der Waals surface area (Å²) < 4.78 is 10.2. The van der Waals surface area contributed by atoms with E-state index in [0.29, 0.717) is 22.9 Å². The molecule has 22 heavy (non-hydrogen) atoms. The minimum atomic E-state index is -0.0397. The number of fused-ring (bicyclic) bond motifs is 2. The van der Waals surface area contributed by atoms with Crippen LogP contribution in [0.15, 0.2) is 16.5 Å². The molecule has 0 aromatic carbocycles. The number of carbonyl (C=O) groups excluding carboxylic acids is 1. The second-order valence-corrected chi connectivity index (χ2v) is 6.69. The summed E-state index contributed by atoms with van der Waals surface area (Å²) in [6.45, 7) is 0. The third-order valence-corrected chi connectivity index (χ3v) is 5.31. The number of amides is 1. The molecule has 2 aromatic heterocycles. The Morgan fingerprint density at radius 3 is 3.05 bits per heavy atom. The largest absolute Gasteiger partial charge is 0.452 e. The quantitative estimate of drug-likeness (QED) is 0.886. The summed E-state index contributed by atoms with van der Waals surface area (Å²) in [5, 5.41) is 14.3. The van der Waals surface area contributed by atoms with Crippen LogP contribution in [0.4, 0.5) is 0 Å². The molecule has 3 atom stereocenters. The minimum absolute atomic E-state index is 0.0397. The number of thiophene rings is 1. The first-order valence-electron chi connectivity index (χ1n) is 7.27. The molecule has 3 unspecified atom stereocenters. The predicted octanol–water partition coefficient (Wildman–Crippen LogP) is 1.43. The molecule has 2 N–H and O–H groups in total. The number of hydrogen-bond acceptors (Lipinski definition) is 7. The van der Waals surface area contributed by atoms with Crippen molar-refractivity contribution in [1.82, 2.24) is 20.8 Å². The van der Waals surface area contributed by atoms with Crippen molar-refractivity contribution in [3.05, 3.63) is 17.0 Å². The van der Waals surface area contributed by atoms with Crippen molar-refractivity contribution in [3.8, 4) is 16.8 Å². The third-order valence-electron chi connectivity index (χ3n) is 4.24. The van der Waals surface area contributed by atoms with Gasteiger partial charge >= 0.3 is 6.08 Å². The van der Waals surface area contributed by atoms with Gasteiger partial charge in [-0.3, -0.25) is 4.79 Å². The molecule has 2 aliphatic heterocycles. The van der Waals surface area contributed by atoms with Crippen molar-refractivity contribution in [2.24, 2.45) is 0 Å². The zero-order chi connectivity index (χ0) is 15.1. The lowest BCUT2D eigenvalue weighted by atomic mass is 9.95. The summed E-state index contributed by atoms with van der Waals surface area (Å²) in [5.41, 5.74) is 0. The van der Waals surface area contributed by atoms with Crippen molar-refractivity contribution in [1.29, 1.82) is 0 Å². The van der Waals surface area contributed by atoms with Gasteiger partial charge in [0.05, 0.1) is 16.9 Å². The molecule has 2 saturated heterocycles. The molecule has 4 heterocycles. The third kappa shape index (κ3) is 2.38. The monoisotopic (exact) mass is 320 g/mol. The summed E-state index contributed by atoms with van der Waals surface area (Å²) >= 11 is 1.34. The molecule has 2 fully saturated rings. The van der Waals surface area contributed by atoms with Crippen LogP contribution >= 0.6 is 11.3 Å². The molecule has 0 aliphatic carbocycles. The number of rotatable bonds is 4. The number of ether oxygens (including phenoxy) is 1. The molecule has 0 saturated carbocycles. The molecule has 0 spiro atoms. The van der Waals surface area contributed by atoms with Crippen molar-refractivity contribution >= 4 is 17.2 Å². The highest BCUT2D eigenvalue weighted by atomic mass is 32.1. The maximum Gasteiger partial charge on any atom is 0.414 e. The first kappa shape index (κ1) is 13.7. The Morgan fingerprint density at radius 1 is 1.45 bits per heavy atom. The Morgan fingerprint density at radius 2 is 2.36 bits per heavy atom. The smallest absolute Gasteiger partial charge is 0.414 e. The van der Waals surface area contributed by atoms with Crippen LogP contribution in [-0.4, -0.2) is 41.3 Å². The summed E-state index contributed by atoms with van der Waals surface area (Å²) in [4.78, 5) is 13.8. The SMILES string of the molecule is COc1nnc(-c2ccc(C(=O)NC3CC4CCC3N4)s2)o1. The van der Waals surface area contributed by atoms with Crippen molar-refractivity contribution in [2.45, 2.75) is 37.4 Å². The standard InChI is InChI=1S/C14H16N4O3S/c1-20-14-18-17-13(21-14)11-5-4-10(22-11)12(19)16-9-6-7-2-3-8(9)15-7/h4-5,7-9,15H,2-3,6H2,1H3,(H,16,19). The minimum Gasteiger partial charge on any atom is -0.452 e. The summed E-state index contributed by atoms with van der Waals surface area (Å²) in [6.07, 6.45) is 3.50. The highest BCUT2D eigenvalue weighted by Gasteiger charge is 2.39. The van der Waals surface area contributed by atoms with Crippen LogP contribution in [0.1, 0.15) is 28.9 Å². The van der Waals surface area contributed by atoms with E-state index in [-0.39, 0.29) is 18.0 Å². The summed E-state index contributed by atoms with van der Waals surface area (Å²) in [5.74, 6) is 0.324. The van der Waals surface area contributed by atoms with E-state index in [1.807, 2.05) is 6.07 Å². The van der Waals surface area contributed by atoms with Crippen molar-refractivity contribution < 1.29 is 13.9 Å². The Labute approximate surface area is 131 Å². The fourth-order valence-corrected chi connectivity index (χ4v) is 4.02. The maximum atomic E-state index is 12.4. The van der Waals surface area contributed by atoms with Gasteiger partial charge in [0.1, 0.15) is 0 Å². The number of nitrogens with one attached hydrogen (secondary N) is 2. The van der Waals surface area contributed by atoms with Crippen LogP contribution in [0, 0.1) is 0 Å². The van der Waals surface area contributed by atoms with Gasteiger partial charge in [-0.15, -0.1) is 16.4 Å². The van der Waals surface area contributed by atoms with E-state index in [4.69, 9.17) is 9.15 Å². The van der Waals surface area contributed by atoms with Crippen LogP contribution < -0.4 is 15.4 Å². The lowest BCUT2D eigenvalue weighted by Gasteiger charge is -2.20. The van der Waals surface area contributed by atoms with Gasteiger partial charge in [0.15, 0.2) is 0 Å². The maximum absolute atomic E-state index is 12.4. The fraction of sp³-hybridized carbons (Fsp3) is 0.500. The first-order chi connectivity index (χ1) is 10.7. The Balaban J connectivity index is 1.45. The van der Waals surface area contributed by atoms with Gasteiger partial charge in [-0.25, -0.2) is 0 Å². The van der Waals surface area contributed by atoms with Gasteiger partial charge in [0, 0.05) is 18.1 Å². The van der Waals surface area contributed by atoms with Gasteiger partial charge in [-0.2, -0.15) is 0 Å². The predicted molar refractivity (Wildman–Crippen MR) is 80.0 cm³/mol. The lowest BCUT2D eigenvalue weighted by molar-refractivity contribution is 0.0935. The number of nitrogens with zero attached hydrogens (tertiary/aromatic N) is 2. The molecule has 0 radical (unpaired) electrons. The Hall–Kier alpha value is -1.93. The molecule has 7 nitrogen and oxygen atoms in total. The number of carbonyl (C=O) groups is 1. The highest BCUT2D eigenvalue weighted by molar-refractivity contribution is 7.17. The Kier molecular flexibility index (Phi) is 3.34. The van der Waals surface area contributed by atoms with Crippen LogP contribution in [0.25, 0.3) is 10.8 Å². The molecule has 8 heteroatoms. The molecule has 2 bridgehead atoms. The van der Waals surface area contributed by atoms with E-state index in [1.165, 1.54) is 24.9 Å². The van der Waals surface area contributed by atoms with Gasteiger partial charge in [0.2, 0.25) is 0 Å². The molecule has 2 aromatic rings. The average Bonchev–Trinajstić information content (AvgIpc) is 3.28. The summed E-state index contributed by atoms with van der Waals surface area (Å²) in [7, 11) is 1.47. The average molecular weight is 320 g/mol. The topological polar surface area (TPSA) is 89.3 Å². The van der Waals surface area contributed by atoms with Crippen molar-refractivity contribution in [3.63, 3.8) is 0 Å². The molecule has 1 amide bonds. The normalized spacial score (nSPS) is 26.3. The van der Waals surface area contributed by atoms with E-state index >= 15 is 0 Å². The highest BCUT2D eigenvalue weighted by Crippen LogP contribution is 2.30. The molecule has 2 aliphatic rings. The molecular weight excluding hydrogens is 304 g/mol. The molecular formula is C14H16N4O3S. The zero-order valence-electron chi connectivity index (χ0n) is 12.0. The van der Waals surface area contributed by atoms with Gasteiger partial charge < -0.3 is 19.8 Å². The van der Waals surface area contributed by atoms with E-state index in [9.17, 15) is 4.79 Å². The zero-order valence-corrected chi connectivity index (χ0v) is 12.9. The van der Waals surface area contributed by atoms with Crippen LogP contribution in [0.5, 0.6) is 6.08 Å². The Bertz CT molecular complexity index is 698. The fourth-order valence-electron chi connectivity index (χ4n) is 3.19. The second-order valence-electron chi connectivity index (χ2n) is 5.60. The molecule has 116 valence electrons. The van der Waals surface area contributed by atoms with Crippen LogP contribution in [0.3, 0.4) is 0 Å². The van der Waals surface area contributed by atoms with Crippen LogP contribution in [0.2, 0.25) is 0 Å². The first-order valence-corrected chi connectivity index (χ1v) is 8.09. The van der Waals surface area contributed by atoms with E-state index in [2.05, 4.69) is 20.8 Å². The van der Waals surface area contributed by atoms with E-state index < -0.39 is 0 Å². The lowest BCUT2D eigenvalue weighted by Crippen LogP contribution is -2.42. The number of aromatic nitrogens is 2. The number of hydrogen-bond donors (Lipinski definition) is 2. The van der Waals surface area contributed by atoms with Gasteiger partial charge in [-0.05, 0) is 31.4 Å². The van der Waals surface area contributed by atoms with Gasteiger partial charge in [-0.1, -0.05) is 5.10 Å². The molecule has 4 rings (SSSR count). The van der Waals surface area contributed by atoms with Crippen LogP contribution in [-0.2, 0) is 0 Å². The van der Waals surface area contributed by atoms with E-state index in [1.54, 1.807) is 6.07 Å². The van der Waals surface area contributed by atoms with Gasteiger partial charge in [0.25, 0.3) is 11.8 Å².